The average Bonchev–Trinajstić information content (AvgIpc) is 3.34. The number of nitrogens with one attached hydrogen (secondary N) is 1. The second-order valence-corrected chi connectivity index (χ2v) is 22.2. The van der Waals surface area contributed by atoms with Crippen LogP contribution in [-0.2, 0) is 27.9 Å². The molecule has 1 amide bonds. The molecule has 72 heavy (non-hydrogen) atoms. The van der Waals surface area contributed by atoms with Gasteiger partial charge in [-0.25, -0.2) is 4.57 Å². The molecule has 0 saturated heterocycles. The molecule has 0 bridgehead atoms. The fraction of sp³-hybridized carbons (Fsp3) is 0.742. The normalized spacial score (nSPS) is 14.4. The second kappa shape index (κ2) is 51.7. The van der Waals surface area contributed by atoms with E-state index in [1.54, 1.807) is 0 Å². The highest BCUT2D eigenvalue weighted by Gasteiger charge is 2.30. The second-order valence-electron chi connectivity index (χ2n) is 20.8. The molecule has 0 aliphatic carbocycles. The quantitative estimate of drug-likeness (QED) is 0.0205. The van der Waals surface area contributed by atoms with Crippen molar-refractivity contribution in [2.75, 3.05) is 40.9 Å². The van der Waals surface area contributed by atoms with E-state index in [2.05, 4.69) is 99.0 Å². The summed E-state index contributed by atoms with van der Waals surface area (Å²) < 4.78 is 30.6. The molecule has 0 aromatic carbocycles. The van der Waals surface area contributed by atoms with E-state index in [1.807, 2.05) is 33.3 Å². The number of esters is 1. The maximum atomic E-state index is 13.5. The maximum absolute atomic E-state index is 13.5. The molecule has 0 rings (SSSR count). The molecule has 0 radical (unpaired) electrons. The van der Waals surface area contributed by atoms with Crippen LogP contribution >= 0.6 is 7.82 Å². The molecule has 0 aromatic heterocycles. The highest BCUT2D eigenvalue weighted by Crippen LogP contribution is 2.43. The van der Waals surface area contributed by atoms with Crippen molar-refractivity contribution < 1.29 is 37.3 Å². The molecule has 0 saturated carbocycles. The van der Waals surface area contributed by atoms with Crippen molar-refractivity contribution in [1.82, 2.24) is 5.32 Å². The predicted molar refractivity (Wildman–Crippen MR) is 309 cm³/mol. The van der Waals surface area contributed by atoms with Crippen molar-refractivity contribution in [3.8, 4) is 0 Å². The van der Waals surface area contributed by atoms with Gasteiger partial charge in [-0.1, -0.05) is 215 Å². The van der Waals surface area contributed by atoms with Gasteiger partial charge >= 0.3 is 13.8 Å². The molecule has 0 spiro atoms. The predicted octanol–water partition coefficient (Wildman–Crippen LogP) is 17.8. The molecular weight excluding hydrogens is 916 g/mol. The van der Waals surface area contributed by atoms with Crippen molar-refractivity contribution in [2.24, 2.45) is 0 Å². The number of carbonyl (C=O) groups excluding carboxylic acids is 2. The van der Waals surface area contributed by atoms with E-state index in [1.165, 1.54) is 103 Å². The number of amides is 1. The third kappa shape index (κ3) is 52.1. The van der Waals surface area contributed by atoms with Gasteiger partial charge < -0.3 is 19.4 Å². The number of carbonyl (C=O) groups is 2. The van der Waals surface area contributed by atoms with Crippen LogP contribution in [0.25, 0.3) is 0 Å². The number of ether oxygens (including phenoxy) is 1. The minimum Gasteiger partial charge on any atom is -0.456 e. The summed E-state index contributed by atoms with van der Waals surface area (Å²) in [4.78, 5) is 37.6. The zero-order valence-corrected chi connectivity index (χ0v) is 48.3. The summed E-state index contributed by atoms with van der Waals surface area (Å²) in [6.07, 6.45) is 67.2. The van der Waals surface area contributed by atoms with Gasteiger partial charge in [-0.05, 0) is 102 Å². The Kier molecular flexibility index (Phi) is 49.6. The van der Waals surface area contributed by atoms with Crippen LogP contribution in [0.1, 0.15) is 245 Å². The summed E-state index contributed by atoms with van der Waals surface area (Å²) in [6.45, 7) is 6.84. The number of unbranched alkanes of at least 4 members (excludes halogenated alkanes) is 24. The Morgan fingerprint density at radius 3 is 1.38 bits per heavy atom. The van der Waals surface area contributed by atoms with Crippen molar-refractivity contribution in [2.45, 2.75) is 258 Å². The summed E-state index contributed by atoms with van der Waals surface area (Å²) in [5.74, 6) is -0.553. The van der Waals surface area contributed by atoms with E-state index in [0.29, 0.717) is 23.9 Å². The molecule has 0 aromatic rings. The Balaban J connectivity index is 5.42. The van der Waals surface area contributed by atoms with Crippen molar-refractivity contribution in [1.29, 1.82) is 0 Å². The summed E-state index contributed by atoms with van der Waals surface area (Å²) in [7, 11) is 1.46. The molecule has 2 N–H and O–H groups in total. The number of phosphoric acid groups is 1. The van der Waals surface area contributed by atoms with Crippen molar-refractivity contribution >= 4 is 19.7 Å². The number of likely N-dealkylation sites (N-methyl/N-ethyl adjacent to an activating group) is 1. The lowest BCUT2D eigenvalue weighted by atomic mass is 10.0. The molecule has 3 atom stereocenters. The Morgan fingerprint density at radius 1 is 0.500 bits per heavy atom. The van der Waals surface area contributed by atoms with Crippen LogP contribution < -0.4 is 5.32 Å². The SMILES string of the molecule is CC/C=C/C/C=C/CCCCCCCCCC(=O)NC(COP(=O)(O)OCC[N+](C)(C)C)C(/C=C/CCCCCCCCCCCCC)OC(=O)CCCCC/C=C\C/C=C\C/C=C\C/C=C\CCCCC. The summed E-state index contributed by atoms with van der Waals surface area (Å²) in [5, 5.41) is 3.04. The van der Waals surface area contributed by atoms with Gasteiger partial charge in [0.2, 0.25) is 5.91 Å². The van der Waals surface area contributed by atoms with E-state index in [0.717, 1.165) is 103 Å². The lowest BCUT2D eigenvalue weighted by molar-refractivity contribution is -0.870. The molecule has 10 heteroatoms. The topological polar surface area (TPSA) is 111 Å². The zero-order valence-electron chi connectivity index (χ0n) is 47.4. The Morgan fingerprint density at radius 2 is 0.889 bits per heavy atom. The summed E-state index contributed by atoms with van der Waals surface area (Å²) >= 11 is 0. The molecule has 9 nitrogen and oxygen atoms in total. The van der Waals surface area contributed by atoms with Crippen LogP contribution in [0.4, 0.5) is 0 Å². The number of nitrogens with zero attached hydrogens (tertiary/aromatic N) is 1. The Hall–Kier alpha value is -2.81. The number of phosphoric ester groups is 1. The fourth-order valence-electron chi connectivity index (χ4n) is 8.02. The van der Waals surface area contributed by atoms with Gasteiger partial charge in [0.1, 0.15) is 19.3 Å². The van der Waals surface area contributed by atoms with E-state index in [9.17, 15) is 19.0 Å². The maximum Gasteiger partial charge on any atom is 0.472 e. The monoisotopic (exact) mass is 1030 g/mol. The van der Waals surface area contributed by atoms with Gasteiger partial charge in [-0.15, -0.1) is 0 Å². The first kappa shape index (κ1) is 69.2. The van der Waals surface area contributed by atoms with Crippen LogP contribution in [0.2, 0.25) is 0 Å². The number of hydrogen-bond donors (Lipinski definition) is 2. The van der Waals surface area contributed by atoms with Crippen molar-refractivity contribution in [3.63, 3.8) is 0 Å². The summed E-state index contributed by atoms with van der Waals surface area (Å²) in [6, 6.07) is -0.869. The first-order valence-corrected chi connectivity index (χ1v) is 30.9. The van der Waals surface area contributed by atoms with Gasteiger partial charge in [-0.3, -0.25) is 18.6 Å². The molecule has 416 valence electrons. The van der Waals surface area contributed by atoms with Gasteiger partial charge in [0.05, 0.1) is 33.8 Å². The van der Waals surface area contributed by atoms with E-state index < -0.39 is 20.0 Å². The minimum atomic E-state index is -4.46. The smallest absolute Gasteiger partial charge is 0.456 e. The first-order valence-electron chi connectivity index (χ1n) is 29.4. The van der Waals surface area contributed by atoms with Gasteiger partial charge in [0, 0.05) is 12.8 Å². The minimum absolute atomic E-state index is 0.0297. The lowest BCUT2D eigenvalue weighted by Gasteiger charge is -2.27. The van der Waals surface area contributed by atoms with Crippen LogP contribution in [0.15, 0.2) is 85.1 Å². The number of allylic oxidation sites excluding steroid dienone is 13. The molecule has 0 fully saturated rings. The molecule has 0 aliphatic heterocycles. The van der Waals surface area contributed by atoms with Crippen LogP contribution in [-0.4, -0.2) is 74.3 Å². The standard InChI is InChI=1S/C62H111N2O7P/c1-7-10-13-16-19-22-25-28-30-31-32-33-34-37-40-43-46-49-52-55-62(66)71-60(53-50-47-44-41-38-35-27-24-21-18-15-12-9-3)59(58-70-72(67,68)69-57-56-64(4,5)6)63-61(65)54-51-48-45-42-39-36-29-26-23-20-17-14-11-8-2/h11,14,19-20,22-23,28,30,32-33,37,40,50,53,59-60H,7-10,12-13,15-18,21,24-27,29,31,34-36,38-39,41-49,51-52,54-58H2,1-6H3,(H-,63,65,67,68)/p+1/b14-11+,22-19-,23-20+,30-28-,33-32-,40-37-,53-50+. The van der Waals surface area contributed by atoms with E-state index in [4.69, 9.17) is 13.8 Å². The summed E-state index contributed by atoms with van der Waals surface area (Å²) in [5.41, 5.74) is 0. The average molecular weight is 1030 g/mol. The Bertz CT molecular complexity index is 1510. The van der Waals surface area contributed by atoms with Gasteiger partial charge in [0.25, 0.3) is 0 Å². The van der Waals surface area contributed by atoms with Gasteiger partial charge in [0.15, 0.2) is 0 Å². The van der Waals surface area contributed by atoms with E-state index in [-0.39, 0.29) is 31.5 Å². The molecular formula is C62H112N2O7P+. The fourth-order valence-corrected chi connectivity index (χ4v) is 8.75. The third-order valence-electron chi connectivity index (χ3n) is 12.6. The molecule has 0 aliphatic rings. The largest absolute Gasteiger partial charge is 0.472 e. The highest BCUT2D eigenvalue weighted by atomic mass is 31.2. The molecule has 3 unspecified atom stereocenters. The Labute approximate surface area is 444 Å². The van der Waals surface area contributed by atoms with Crippen LogP contribution in [0, 0.1) is 0 Å². The lowest BCUT2D eigenvalue weighted by Crippen LogP contribution is -2.47. The number of hydrogen-bond acceptors (Lipinski definition) is 6. The highest BCUT2D eigenvalue weighted by molar-refractivity contribution is 7.47. The third-order valence-corrected chi connectivity index (χ3v) is 13.6. The van der Waals surface area contributed by atoms with Crippen molar-refractivity contribution in [3.05, 3.63) is 85.1 Å². The number of quaternary nitrogens is 1. The number of rotatable bonds is 52. The van der Waals surface area contributed by atoms with Gasteiger partial charge in [-0.2, -0.15) is 0 Å². The van der Waals surface area contributed by atoms with E-state index >= 15 is 0 Å². The zero-order chi connectivity index (χ0) is 52.9. The van der Waals surface area contributed by atoms with Crippen LogP contribution in [0.5, 0.6) is 0 Å². The first-order chi connectivity index (χ1) is 34.9. The molecule has 0 heterocycles. The van der Waals surface area contributed by atoms with Crippen LogP contribution in [0.3, 0.4) is 0 Å².